The van der Waals surface area contributed by atoms with E-state index in [4.69, 9.17) is 9.47 Å². The van der Waals surface area contributed by atoms with Crippen molar-refractivity contribution in [2.45, 2.75) is 38.6 Å². The van der Waals surface area contributed by atoms with Crippen LogP contribution in [-0.4, -0.2) is 46.8 Å². The molecule has 1 atom stereocenters. The first-order valence-corrected chi connectivity index (χ1v) is 12.5. The fraction of sp³-hybridized carbons (Fsp3) is 0.429. The van der Waals surface area contributed by atoms with E-state index in [0.717, 1.165) is 46.7 Å². The molecule has 0 saturated carbocycles. The highest BCUT2D eigenvalue weighted by molar-refractivity contribution is 7.92. The van der Waals surface area contributed by atoms with Gasteiger partial charge in [-0.3, -0.25) is 9.10 Å². The predicted octanol–water partition coefficient (Wildman–Crippen LogP) is 3.22. The quantitative estimate of drug-likeness (QED) is 0.629. The standard InChI is InChI=1S/C21H26N2O6S2/c1-13(23(31(4,26)27)14-9-11-15(28-2)12-10-14)19(24)22-20-18(21(25)29-3)16-7-5-6-8-17(16)30-20/h9-13H,5-8H2,1-4H3,(H,22,24)/t13-/m0/s1. The number of rotatable bonds is 7. The third-order valence-corrected chi connectivity index (χ3v) is 7.66. The fourth-order valence-electron chi connectivity index (χ4n) is 3.73. The molecule has 0 bridgehead atoms. The highest BCUT2D eigenvalue weighted by Crippen LogP contribution is 2.38. The summed E-state index contributed by atoms with van der Waals surface area (Å²) in [6, 6.07) is 5.36. The number of thiophene rings is 1. The molecule has 31 heavy (non-hydrogen) atoms. The Kier molecular flexibility index (Phi) is 6.90. The molecule has 0 radical (unpaired) electrons. The van der Waals surface area contributed by atoms with Crippen LogP contribution in [0.1, 0.15) is 40.6 Å². The predicted molar refractivity (Wildman–Crippen MR) is 121 cm³/mol. The topological polar surface area (TPSA) is 102 Å². The van der Waals surface area contributed by atoms with Gasteiger partial charge in [-0.25, -0.2) is 13.2 Å². The van der Waals surface area contributed by atoms with Crippen molar-refractivity contribution < 1.29 is 27.5 Å². The first-order chi connectivity index (χ1) is 14.7. The number of ether oxygens (including phenoxy) is 2. The zero-order valence-corrected chi connectivity index (χ0v) is 19.6. The maximum atomic E-state index is 13.1. The number of nitrogens with one attached hydrogen (secondary N) is 1. The van der Waals surface area contributed by atoms with E-state index in [1.807, 2.05) is 0 Å². The first kappa shape index (κ1) is 23.1. The second-order valence-electron chi connectivity index (χ2n) is 7.33. The number of hydrogen-bond donors (Lipinski definition) is 1. The van der Waals surface area contributed by atoms with Gasteiger partial charge in [-0.15, -0.1) is 11.3 Å². The number of amides is 1. The summed E-state index contributed by atoms with van der Waals surface area (Å²) in [5, 5.41) is 3.18. The van der Waals surface area contributed by atoms with Crippen molar-refractivity contribution in [3.8, 4) is 5.75 Å². The minimum atomic E-state index is -3.76. The first-order valence-electron chi connectivity index (χ1n) is 9.84. The Morgan fingerprint density at radius 1 is 1.13 bits per heavy atom. The molecule has 168 valence electrons. The molecule has 0 aliphatic heterocycles. The van der Waals surface area contributed by atoms with Gasteiger partial charge in [0, 0.05) is 4.88 Å². The summed E-state index contributed by atoms with van der Waals surface area (Å²) < 4.78 is 36.1. The van der Waals surface area contributed by atoms with Crippen LogP contribution in [0.5, 0.6) is 5.75 Å². The lowest BCUT2D eigenvalue weighted by Crippen LogP contribution is -2.45. The zero-order valence-electron chi connectivity index (χ0n) is 17.9. The van der Waals surface area contributed by atoms with Crippen molar-refractivity contribution in [2.24, 2.45) is 0 Å². The zero-order chi connectivity index (χ0) is 22.8. The van der Waals surface area contributed by atoms with E-state index < -0.39 is 27.9 Å². The smallest absolute Gasteiger partial charge is 0.341 e. The van der Waals surface area contributed by atoms with Gasteiger partial charge in [0.2, 0.25) is 15.9 Å². The van der Waals surface area contributed by atoms with Crippen molar-refractivity contribution in [3.63, 3.8) is 0 Å². The summed E-state index contributed by atoms with van der Waals surface area (Å²) in [7, 11) is -0.947. The van der Waals surface area contributed by atoms with Crippen molar-refractivity contribution in [1.82, 2.24) is 0 Å². The van der Waals surface area contributed by atoms with Gasteiger partial charge >= 0.3 is 5.97 Å². The highest BCUT2D eigenvalue weighted by Gasteiger charge is 2.32. The van der Waals surface area contributed by atoms with E-state index in [0.29, 0.717) is 22.0 Å². The third kappa shape index (κ3) is 4.85. The molecular formula is C21H26N2O6S2. The molecule has 0 spiro atoms. The van der Waals surface area contributed by atoms with E-state index in [1.54, 1.807) is 24.3 Å². The summed E-state index contributed by atoms with van der Waals surface area (Å²) in [4.78, 5) is 26.6. The molecule has 1 amide bonds. The Hall–Kier alpha value is -2.59. The molecule has 1 aliphatic rings. The number of fused-ring (bicyclic) bond motifs is 1. The van der Waals surface area contributed by atoms with Crippen LogP contribution >= 0.6 is 11.3 Å². The number of methoxy groups -OCH3 is 2. The van der Waals surface area contributed by atoms with Crippen LogP contribution in [-0.2, 0) is 32.4 Å². The van der Waals surface area contributed by atoms with Crippen LogP contribution in [0.3, 0.4) is 0 Å². The van der Waals surface area contributed by atoms with Crippen LogP contribution in [0, 0.1) is 0 Å². The number of carbonyl (C=O) groups excluding carboxylic acids is 2. The van der Waals surface area contributed by atoms with Crippen LogP contribution in [0.15, 0.2) is 24.3 Å². The number of hydrogen-bond acceptors (Lipinski definition) is 7. The maximum Gasteiger partial charge on any atom is 0.341 e. The molecule has 8 nitrogen and oxygen atoms in total. The van der Waals surface area contributed by atoms with Gasteiger partial charge < -0.3 is 14.8 Å². The molecule has 0 fully saturated rings. The maximum absolute atomic E-state index is 13.1. The van der Waals surface area contributed by atoms with Crippen LogP contribution < -0.4 is 14.4 Å². The van der Waals surface area contributed by atoms with E-state index in [1.165, 1.54) is 32.5 Å². The van der Waals surface area contributed by atoms with E-state index in [2.05, 4.69) is 5.32 Å². The molecule has 3 rings (SSSR count). The molecule has 10 heteroatoms. The SMILES string of the molecule is COC(=O)c1c(NC(=O)[C@H](C)N(c2ccc(OC)cc2)S(C)(=O)=O)sc2c1CCCC2. The molecule has 1 aliphatic carbocycles. The Morgan fingerprint density at radius 2 is 1.77 bits per heavy atom. The Bertz CT molecular complexity index is 1080. The Morgan fingerprint density at radius 3 is 2.35 bits per heavy atom. The average molecular weight is 467 g/mol. The summed E-state index contributed by atoms with van der Waals surface area (Å²) in [6.45, 7) is 1.51. The number of esters is 1. The number of nitrogens with zero attached hydrogens (tertiary/aromatic N) is 1. The lowest BCUT2D eigenvalue weighted by atomic mass is 9.95. The van der Waals surface area contributed by atoms with Crippen LogP contribution in [0.25, 0.3) is 0 Å². The second-order valence-corrected chi connectivity index (χ2v) is 10.3. The summed E-state index contributed by atoms with van der Waals surface area (Å²) in [5.74, 6) is -0.469. The monoisotopic (exact) mass is 466 g/mol. The summed E-state index contributed by atoms with van der Waals surface area (Å²) >= 11 is 1.35. The fourth-order valence-corrected chi connectivity index (χ4v) is 6.18. The molecular weight excluding hydrogens is 440 g/mol. The van der Waals surface area contributed by atoms with E-state index in [9.17, 15) is 18.0 Å². The highest BCUT2D eigenvalue weighted by atomic mass is 32.2. The Labute approximate surface area is 186 Å². The Balaban J connectivity index is 1.92. The minimum Gasteiger partial charge on any atom is -0.497 e. The lowest BCUT2D eigenvalue weighted by Gasteiger charge is -2.28. The number of sulfonamides is 1. The van der Waals surface area contributed by atoms with Gasteiger partial charge in [-0.1, -0.05) is 0 Å². The number of carbonyl (C=O) groups is 2. The van der Waals surface area contributed by atoms with Crippen molar-refractivity contribution >= 4 is 43.9 Å². The molecule has 1 aromatic heterocycles. The molecule has 2 aromatic rings. The van der Waals surface area contributed by atoms with Gasteiger partial charge in [0.15, 0.2) is 0 Å². The van der Waals surface area contributed by atoms with Crippen LogP contribution in [0.4, 0.5) is 10.7 Å². The average Bonchev–Trinajstić information content (AvgIpc) is 3.10. The number of anilines is 2. The normalized spacial score (nSPS) is 14.3. The number of aryl methyl sites for hydroxylation is 1. The molecule has 0 saturated heterocycles. The third-order valence-electron chi connectivity index (χ3n) is 5.21. The molecule has 0 unspecified atom stereocenters. The molecule has 1 heterocycles. The van der Waals surface area contributed by atoms with Crippen molar-refractivity contribution in [1.29, 1.82) is 0 Å². The van der Waals surface area contributed by atoms with Crippen LogP contribution in [0.2, 0.25) is 0 Å². The van der Waals surface area contributed by atoms with E-state index >= 15 is 0 Å². The van der Waals surface area contributed by atoms with Gasteiger partial charge in [0.05, 0.1) is 31.7 Å². The van der Waals surface area contributed by atoms with Gasteiger partial charge in [-0.2, -0.15) is 0 Å². The van der Waals surface area contributed by atoms with Gasteiger partial charge in [0.25, 0.3) is 0 Å². The lowest BCUT2D eigenvalue weighted by molar-refractivity contribution is -0.116. The largest absolute Gasteiger partial charge is 0.497 e. The summed E-state index contributed by atoms with van der Waals surface area (Å²) in [6.07, 6.45) is 4.64. The minimum absolute atomic E-state index is 0.338. The second kappa shape index (κ2) is 9.27. The molecule has 1 N–H and O–H groups in total. The molecule has 1 aromatic carbocycles. The van der Waals surface area contributed by atoms with E-state index in [-0.39, 0.29) is 0 Å². The van der Waals surface area contributed by atoms with Gasteiger partial charge in [0.1, 0.15) is 16.8 Å². The summed E-state index contributed by atoms with van der Waals surface area (Å²) in [5.41, 5.74) is 1.63. The van der Waals surface area contributed by atoms with Crippen molar-refractivity contribution in [3.05, 3.63) is 40.3 Å². The van der Waals surface area contributed by atoms with Crippen molar-refractivity contribution in [2.75, 3.05) is 30.1 Å². The van der Waals surface area contributed by atoms with Gasteiger partial charge in [-0.05, 0) is 62.4 Å². The number of benzene rings is 1.